The van der Waals surface area contributed by atoms with E-state index >= 15 is 0 Å². The number of nitrogens with one attached hydrogen (secondary N) is 1. The van der Waals surface area contributed by atoms with Gasteiger partial charge in [0, 0.05) is 17.6 Å². The summed E-state index contributed by atoms with van der Waals surface area (Å²) in [5, 5.41) is 14.4. The Kier molecular flexibility index (Phi) is 2.48. The maximum absolute atomic E-state index is 9.89. The number of hydrogen-bond donors (Lipinski definition) is 2. The van der Waals surface area contributed by atoms with Gasteiger partial charge < -0.3 is 10.4 Å². The second kappa shape index (κ2) is 4.00. The number of para-hydroxylation sites is 1. The second-order valence-corrected chi connectivity index (χ2v) is 4.62. The highest BCUT2D eigenvalue weighted by Gasteiger charge is 2.15. The summed E-state index contributed by atoms with van der Waals surface area (Å²) in [5.74, 6) is 0.283. The van der Waals surface area contributed by atoms with Crippen molar-refractivity contribution < 1.29 is 5.11 Å². The van der Waals surface area contributed by atoms with E-state index in [2.05, 4.69) is 17.2 Å². The van der Waals surface area contributed by atoms with Crippen LogP contribution >= 0.6 is 0 Å². The Morgan fingerprint density at radius 3 is 3.12 bits per heavy atom. The smallest absolute Gasteiger partial charge is 0.141 e. The molecule has 17 heavy (non-hydrogen) atoms. The van der Waals surface area contributed by atoms with Crippen molar-refractivity contribution in [2.75, 3.05) is 6.54 Å². The van der Waals surface area contributed by atoms with Crippen LogP contribution in [0.2, 0.25) is 0 Å². The first kappa shape index (κ1) is 10.5. The van der Waals surface area contributed by atoms with E-state index in [0.29, 0.717) is 0 Å². The van der Waals surface area contributed by atoms with Gasteiger partial charge in [0.2, 0.25) is 0 Å². The van der Waals surface area contributed by atoms with Crippen LogP contribution in [-0.4, -0.2) is 16.6 Å². The first-order chi connectivity index (χ1) is 8.27. The highest BCUT2D eigenvalue weighted by atomic mass is 16.3. The lowest BCUT2D eigenvalue weighted by Crippen LogP contribution is -2.13. The van der Waals surface area contributed by atoms with E-state index in [1.54, 1.807) is 6.07 Å². The maximum atomic E-state index is 9.89. The fraction of sp³-hybridized carbons (Fsp3) is 0.357. The Bertz CT molecular complexity index is 578. The van der Waals surface area contributed by atoms with E-state index in [1.807, 2.05) is 12.1 Å². The van der Waals surface area contributed by atoms with Gasteiger partial charge in [-0.15, -0.1) is 0 Å². The third-order valence-corrected chi connectivity index (χ3v) is 3.54. The lowest BCUT2D eigenvalue weighted by molar-refractivity contribution is 0.480. The van der Waals surface area contributed by atoms with Gasteiger partial charge in [-0.3, -0.25) is 0 Å². The third kappa shape index (κ3) is 1.67. The predicted octanol–water partition coefficient (Wildman–Crippen LogP) is 2.28. The van der Waals surface area contributed by atoms with E-state index in [1.165, 1.54) is 11.1 Å². The summed E-state index contributed by atoms with van der Waals surface area (Å²) in [6.07, 6.45) is 2.10. The predicted molar refractivity (Wildman–Crippen MR) is 68.2 cm³/mol. The molecule has 1 aliphatic heterocycles. The highest BCUT2D eigenvalue weighted by Crippen LogP contribution is 2.29. The number of phenolic OH excluding ortho intramolecular Hbond substituents is 1. The van der Waals surface area contributed by atoms with Crippen LogP contribution in [0.15, 0.2) is 18.2 Å². The second-order valence-electron chi connectivity index (χ2n) is 4.62. The molecule has 3 heteroatoms. The van der Waals surface area contributed by atoms with E-state index < -0.39 is 0 Å². The summed E-state index contributed by atoms with van der Waals surface area (Å²) < 4.78 is 0. The van der Waals surface area contributed by atoms with Crippen LogP contribution in [0, 0.1) is 6.92 Å². The molecule has 1 aromatic heterocycles. The number of nitrogens with zero attached hydrogens (tertiary/aromatic N) is 1. The molecule has 2 N–H and O–H groups in total. The van der Waals surface area contributed by atoms with Gasteiger partial charge in [-0.2, -0.15) is 0 Å². The fourth-order valence-corrected chi connectivity index (χ4v) is 2.57. The molecule has 3 nitrogen and oxygen atoms in total. The van der Waals surface area contributed by atoms with Crippen molar-refractivity contribution in [3.63, 3.8) is 0 Å². The number of aromatic nitrogens is 1. The molecule has 0 saturated heterocycles. The molecular formula is C14H16N2O. The maximum Gasteiger partial charge on any atom is 0.141 e. The Morgan fingerprint density at radius 2 is 2.24 bits per heavy atom. The number of pyridine rings is 1. The number of aromatic hydroxyl groups is 1. The van der Waals surface area contributed by atoms with Crippen molar-refractivity contribution in [3.8, 4) is 5.75 Å². The Hall–Kier alpha value is -1.61. The molecule has 1 aliphatic rings. The van der Waals surface area contributed by atoms with Crippen molar-refractivity contribution in [1.82, 2.24) is 10.3 Å². The average Bonchev–Trinajstić information content (AvgIpc) is 2.56. The van der Waals surface area contributed by atoms with Gasteiger partial charge >= 0.3 is 0 Å². The average molecular weight is 228 g/mol. The molecule has 2 heterocycles. The zero-order valence-electron chi connectivity index (χ0n) is 9.95. The minimum atomic E-state index is 0.283. The molecule has 0 amide bonds. The Balaban J connectivity index is 2.33. The van der Waals surface area contributed by atoms with Crippen LogP contribution in [-0.2, 0) is 13.0 Å². The molecule has 0 aliphatic carbocycles. The number of rotatable bonds is 0. The molecule has 0 atom stereocenters. The van der Waals surface area contributed by atoms with Gasteiger partial charge in [-0.25, -0.2) is 4.98 Å². The van der Waals surface area contributed by atoms with Crippen LogP contribution in [0.4, 0.5) is 0 Å². The molecule has 0 spiro atoms. The van der Waals surface area contributed by atoms with Gasteiger partial charge in [0.05, 0.1) is 0 Å². The van der Waals surface area contributed by atoms with Gasteiger partial charge in [-0.1, -0.05) is 12.1 Å². The molecule has 88 valence electrons. The molecular weight excluding hydrogens is 212 g/mol. The monoisotopic (exact) mass is 228 g/mol. The van der Waals surface area contributed by atoms with Crippen LogP contribution in [0.25, 0.3) is 10.9 Å². The standard InChI is InChI=1S/C14H16N2O/c1-9-10-4-2-6-13(17)14(10)16-12-5-3-7-15-8-11(9)12/h2,4,6,15,17H,3,5,7-8H2,1H3. The number of hydrogen-bond acceptors (Lipinski definition) is 3. The summed E-state index contributed by atoms with van der Waals surface area (Å²) >= 11 is 0. The first-order valence-corrected chi connectivity index (χ1v) is 6.08. The lowest BCUT2D eigenvalue weighted by atomic mass is 10.00. The first-order valence-electron chi connectivity index (χ1n) is 6.08. The number of benzene rings is 1. The number of phenols is 1. The minimum Gasteiger partial charge on any atom is -0.506 e. The fourth-order valence-electron chi connectivity index (χ4n) is 2.57. The minimum absolute atomic E-state index is 0.283. The van der Waals surface area contributed by atoms with Crippen LogP contribution in [0.3, 0.4) is 0 Å². The normalized spacial score (nSPS) is 15.6. The molecule has 0 saturated carbocycles. The summed E-state index contributed by atoms with van der Waals surface area (Å²) in [4.78, 5) is 4.65. The van der Waals surface area contributed by atoms with Gasteiger partial charge in [0.25, 0.3) is 0 Å². The van der Waals surface area contributed by atoms with Gasteiger partial charge in [0.1, 0.15) is 11.3 Å². The number of aryl methyl sites for hydroxylation is 2. The quantitative estimate of drug-likeness (QED) is 0.727. The molecule has 2 aromatic rings. The Morgan fingerprint density at radius 1 is 1.35 bits per heavy atom. The zero-order chi connectivity index (χ0) is 11.8. The van der Waals surface area contributed by atoms with Crippen LogP contribution in [0.5, 0.6) is 5.75 Å². The van der Waals surface area contributed by atoms with Crippen molar-refractivity contribution in [2.45, 2.75) is 26.3 Å². The van der Waals surface area contributed by atoms with E-state index in [4.69, 9.17) is 0 Å². The van der Waals surface area contributed by atoms with Crippen molar-refractivity contribution in [3.05, 3.63) is 35.0 Å². The van der Waals surface area contributed by atoms with Gasteiger partial charge in [-0.05, 0) is 43.5 Å². The number of fused-ring (bicyclic) bond motifs is 2. The summed E-state index contributed by atoms with van der Waals surface area (Å²) in [7, 11) is 0. The molecule has 1 aromatic carbocycles. The summed E-state index contributed by atoms with van der Waals surface area (Å²) in [6, 6.07) is 5.61. The highest BCUT2D eigenvalue weighted by molar-refractivity contribution is 5.88. The molecule has 0 unspecified atom stereocenters. The lowest BCUT2D eigenvalue weighted by Gasteiger charge is -2.12. The summed E-state index contributed by atoms with van der Waals surface area (Å²) in [5.41, 5.74) is 4.43. The summed E-state index contributed by atoms with van der Waals surface area (Å²) in [6.45, 7) is 4.05. The third-order valence-electron chi connectivity index (χ3n) is 3.54. The van der Waals surface area contributed by atoms with Crippen molar-refractivity contribution in [2.24, 2.45) is 0 Å². The van der Waals surface area contributed by atoms with Crippen LogP contribution < -0.4 is 5.32 Å². The molecule has 0 fully saturated rings. The SMILES string of the molecule is Cc1c2c(nc3c(O)cccc13)CCCNC2. The molecule has 3 rings (SSSR count). The van der Waals surface area contributed by atoms with Crippen molar-refractivity contribution in [1.29, 1.82) is 0 Å². The largest absolute Gasteiger partial charge is 0.506 e. The molecule has 0 radical (unpaired) electrons. The van der Waals surface area contributed by atoms with Crippen molar-refractivity contribution >= 4 is 10.9 Å². The Labute approximate surface area is 100 Å². The van der Waals surface area contributed by atoms with Gasteiger partial charge in [0.15, 0.2) is 0 Å². The molecule has 0 bridgehead atoms. The van der Waals surface area contributed by atoms with E-state index in [-0.39, 0.29) is 5.75 Å². The zero-order valence-corrected chi connectivity index (χ0v) is 9.95. The van der Waals surface area contributed by atoms with Crippen LogP contribution in [0.1, 0.15) is 23.2 Å². The van der Waals surface area contributed by atoms with E-state index in [0.717, 1.165) is 42.5 Å². The topological polar surface area (TPSA) is 45.2 Å². The van der Waals surface area contributed by atoms with E-state index in [9.17, 15) is 5.11 Å².